The van der Waals surface area contributed by atoms with Crippen molar-refractivity contribution in [2.75, 3.05) is 25.9 Å². The third-order valence-corrected chi connectivity index (χ3v) is 5.66. The summed E-state index contributed by atoms with van der Waals surface area (Å²) in [6.07, 6.45) is 1.62. The van der Waals surface area contributed by atoms with Crippen molar-refractivity contribution in [2.24, 2.45) is 5.73 Å². The summed E-state index contributed by atoms with van der Waals surface area (Å²) in [5.74, 6) is -1.73. The van der Waals surface area contributed by atoms with Gasteiger partial charge in [-0.25, -0.2) is 8.42 Å². The van der Waals surface area contributed by atoms with E-state index in [2.05, 4.69) is 5.32 Å². The molecular weight excluding hydrogens is 258 g/mol. The fourth-order valence-corrected chi connectivity index (χ4v) is 3.99. The summed E-state index contributed by atoms with van der Waals surface area (Å²) < 4.78 is 21.5. The van der Waals surface area contributed by atoms with Crippen LogP contribution >= 0.6 is 0 Å². The van der Waals surface area contributed by atoms with Gasteiger partial charge in [-0.1, -0.05) is 0 Å². The van der Waals surface area contributed by atoms with Gasteiger partial charge in [0.1, 0.15) is 0 Å². The van der Waals surface area contributed by atoms with E-state index in [1.54, 1.807) is 0 Å². The van der Waals surface area contributed by atoms with Crippen LogP contribution in [-0.2, 0) is 19.4 Å². The van der Waals surface area contributed by atoms with Gasteiger partial charge in [-0.05, 0) is 13.0 Å². The summed E-state index contributed by atoms with van der Waals surface area (Å²) in [6, 6.07) is -0.0412. The van der Waals surface area contributed by atoms with Gasteiger partial charge < -0.3 is 16.0 Å². The molecule has 0 aliphatic carbocycles. The largest absolute Gasteiger partial charge is 0.368 e. The lowest BCUT2D eigenvalue weighted by Crippen LogP contribution is -2.56. The van der Waals surface area contributed by atoms with Crippen LogP contribution in [0.15, 0.2) is 0 Å². The van der Waals surface area contributed by atoms with Crippen molar-refractivity contribution < 1.29 is 18.0 Å². The predicted molar refractivity (Wildman–Crippen MR) is 64.4 cm³/mol. The lowest BCUT2D eigenvalue weighted by atomic mass is 10.1. The van der Waals surface area contributed by atoms with E-state index in [1.165, 1.54) is 4.90 Å². The van der Waals surface area contributed by atoms with Gasteiger partial charge in [0.15, 0.2) is 9.84 Å². The van der Waals surface area contributed by atoms with Gasteiger partial charge in [0.2, 0.25) is 10.7 Å². The Morgan fingerprint density at radius 3 is 2.61 bits per heavy atom. The van der Waals surface area contributed by atoms with Crippen molar-refractivity contribution in [1.29, 1.82) is 0 Å². The Morgan fingerprint density at radius 1 is 1.56 bits per heavy atom. The predicted octanol–water partition coefficient (Wildman–Crippen LogP) is -2.15. The standard InChI is InChI=1S/C10H17N3O4S/c1-18(16,17)10(8(11)14)3-5-13(9(10)15)7-2-4-12-6-7/h7,12H,2-6H2,1H3,(H2,11,14). The van der Waals surface area contributed by atoms with Crippen LogP contribution in [0.3, 0.4) is 0 Å². The Morgan fingerprint density at radius 2 is 2.22 bits per heavy atom. The maximum absolute atomic E-state index is 12.3. The van der Waals surface area contributed by atoms with Gasteiger partial charge in [0, 0.05) is 31.8 Å². The van der Waals surface area contributed by atoms with E-state index >= 15 is 0 Å². The number of nitrogens with two attached hydrogens (primary N) is 1. The molecule has 102 valence electrons. The Hall–Kier alpha value is -1.15. The second kappa shape index (κ2) is 4.20. The Labute approximate surface area is 106 Å². The highest BCUT2D eigenvalue weighted by atomic mass is 32.2. The third kappa shape index (κ3) is 1.71. The molecule has 0 aromatic heterocycles. The third-order valence-electron chi connectivity index (χ3n) is 3.82. The number of nitrogens with one attached hydrogen (secondary N) is 1. The Balaban J connectivity index is 2.36. The van der Waals surface area contributed by atoms with E-state index in [9.17, 15) is 18.0 Å². The monoisotopic (exact) mass is 275 g/mol. The summed E-state index contributed by atoms with van der Waals surface area (Å²) in [7, 11) is -3.86. The average molecular weight is 275 g/mol. The quantitative estimate of drug-likeness (QED) is 0.571. The normalized spacial score (nSPS) is 33.1. The number of hydrogen-bond acceptors (Lipinski definition) is 5. The first kappa shape index (κ1) is 13.3. The fraction of sp³-hybridized carbons (Fsp3) is 0.800. The zero-order valence-corrected chi connectivity index (χ0v) is 11.0. The molecule has 3 N–H and O–H groups in total. The molecule has 0 spiro atoms. The zero-order valence-electron chi connectivity index (χ0n) is 10.2. The van der Waals surface area contributed by atoms with Crippen LogP contribution < -0.4 is 11.1 Å². The van der Waals surface area contributed by atoms with Gasteiger partial charge in [0.25, 0.3) is 5.91 Å². The molecule has 7 nitrogen and oxygen atoms in total. The highest BCUT2D eigenvalue weighted by Crippen LogP contribution is 2.32. The zero-order chi connectivity index (χ0) is 13.6. The summed E-state index contributed by atoms with van der Waals surface area (Å²) in [4.78, 5) is 25.3. The molecule has 2 saturated heterocycles. The first-order valence-electron chi connectivity index (χ1n) is 5.82. The smallest absolute Gasteiger partial charge is 0.254 e. The van der Waals surface area contributed by atoms with Crippen LogP contribution in [0.2, 0.25) is 0 Å². The van der Waals surface area contributed by atoms with E-state index in [1.807, 2.05) is 0 Å². The number of primary amides is 1. The van der Waals surface area contributed by atoms with Crippen LogP contribution in [0.1, 0.15) is 12.8 Å². The minimum Gasteiger partial charge on any atom is -0.368 e. The van der Waals surface area contributed by atoms with E-state index < -0.39 is 26.4 Å². The van der Waals surface area contributed by atoms with Gasteiger partial charge in [-0.15, -0.1) is 0 Å². The van der Waals surface area contributed by atoms with Gasteiger partial charge in [-0.3, -0.25) is 9.59 Å². The SMILES string of the molecule is CS(=O)(=O)C1(C(N)=O)CCN(C2CCNC2)C1=O. The molecule has 0 aromatic rings. The molecule has 2 aliphatic rings. The highest BCUT2D eigenvalue weighted by Gasteiger charge is 2.60. The molecule has 2 rings (SSSR count). The molecule has 0 aromatic carbocycles. The number of amides is 2. The molecule has 2 atom stereocenters. The number of sulfone groups is 1. The maximum Gasteiger partial charge on any atom is 0.254 e. The molecule has 2 aliphatic heterocycles. The first-order chi connectivity index (χ1) is 8.30. The van der Waals surface area contributed by atoms with E-state index in [0.717, 1.165) is 19.2 Å². The van der Waals surface area contributed by atoms with E-state index in [0.29, 0.717) is 6.54 Å². The summed E-state index contributed by atoms with van der Waals surface area (Å²) in [6.45, 7) is 1.68. The molecular formula is C10H17N3O4S. The summed E-state index contributed by atoms with van der Waals surface area (Å²) >= 11 is 0. The van der Waals surface area contributed by atoms with Crippen LogP contribution in [0.5, 0.6) is 0 Å². The van der Waals surface area contributed by atoms with Crippen molar-refractivity contribution in [1.82, 2.24) is 10.2 Å². The van der Waals surface area contributed by atoms with Crippen molar-refractivity contribution >= 4 is 21.7 Å². The van der Waals surface area contributed by atoms with Gasteiger partial charge in [0.05, 0.1) is 0 Å². The van der Waals surface area contributed by atoms with Crippen molar-refractivity contribution in [2.45, 2.75) is 23.6 Å². The van der Waals surface area contributed by atoms with Gasteiger partial charge in [-0.2, -0.15) is 0 Å². The second-order valence-electron chi connectivity index (χ2n) is 4.86. The van der Waals surface area contributed by atoms with Crippen LogP contribution in [-0.4, -0.2) is 61.8 Å². The van der Waals surface area contributed by atoms with Gasteiger partial charge >= 0.3 is 0 Å². The molecule has 0 bridgehead atoms. The highest BCUT2D eigenvalue weighted by molar-refractivity contribution is 7.93. The second-order valence-corrected chi connectivity index (χ2v) is 7.10. The molecule has 2 heterocycles. The molecule has 8 heteroatoms. The van der Waals surface area contributed by atoms with E-state index in [4.69, 9.17) is 5.73 Å². The minimum atomic E-state index is -3.86. The molecule has 2 fully saturated rings. The summed E-state index contributed by atoms with van der Waals surface area (Å²) in [5.41, 5.74) is 5.19. The van der Waals surface area contributed by atoms with Crippen molar-refractivity contribution in [3.05, 3.63) is 0 Å². The minimum absolute atomic E-state index is 0.0412. The number of hydrogen-bond donors (Lipinski definition) is 2. The number of nitrogens with zero attached hydrogens (tertiary/aromatic N) is 1. The average Bonchev–Trinajstić information content (AvgIpc) is 2.82. The van der Waals surface area contributed by atoms with Crippen molar-refractivity contribution in [3.8, 4) is 0 Å². The van der Waals surface area contributed by atoms with Crippen LogP contribution in [0.25, 0.3) is 0 Å². The molecule has 0 radical (unpaired) electrons. The first-order valence-corrected chi connectivity index (χ1v) is 7.71. The van der Waals surface area contributed by atoms with Crippen molar-refractivity contribution in [3.63, 3.8) is 0 Å². The Kier molecular flexibility index (Phi) is 3.10. The number of carbonyl (C=O) groups excluding carboxylic acids is 2. The number of carbonyl (C=O) groups is 2. The van der Waals surface area contributed by atoms with Crippen LogP contribution in [0.4, 0.5) is 0 Å². The fourth-order valence-electron chi connectivity index (χ4n) is 2.73. The van der Waals surface area contributed by atoms with E-state index in [-0.39, 0.29) is 19.0 Å². The van der Waals surface area contributed by atoms with Crippen LogP contribution in [0, 0.1) is 0 Å². The Bertz CT molecular complexity index is 483. The topological polar surface area (TPSA) is 110 Å². The number of rotatable bonds is 3. The molecule has 0 saturated carbocycles. The summed E-state index contributed by atoms with van der Waals surface area (Å²) in [5, 5.41) is 3.11. The lowest BCUT2D eigenvalue weighted by Gasteiger charge is -2.26. The lowest BCUT2D eigenvalue weighted by molar-refractivity contribution is -0.136. The maximum atomic E-state index is 12.3. The molecule has 2 amide bonds. The molecule has 2 unspecified atom stereocenters. The number of likely N-dealkylation sites (tertiary alicyclic amines) is 1. The molecule has 18 heavy (non-hydrogen) atoms.